The first-order valence-electron chi connectivity index (χ1n) is 7.20. The topological polar surface area (TPSA) is 101 Å². The van der Waals surface area contributed by atoms with Gasteiger partial charge in [-0.1, -0.05) is 12.1 Å². The van der Waals surface area contributed by atoms with Crippen LogP contribution in [-0.4, -0.2) is 10.5 Å². The highest BCUT2D eigenvalue weighted by atomic mass is 16.2. The molecule has 0 aliphatic heterocycles. The molecular formula is C18H14N4O2. The molecule has 6 heteroatoms. The minimum Gasteiger partial charge on any atom is -0.398 e. The van der Waals surface area contributed by atoms with E-state index in [1.807, 2.05) is 6.07 Å². The number of benzene rings is 2. The summed E-state index contributed by atoms with van der Waals surface area (Å²) in [6.45, 7) is 0. The van der Waals surface area contributed by atoms with Crippen LogP contribution in [0.3, 0.4) is 0 Å². The van der Waals surface area contributed by atoms with Gasteiger partial charge < -0.3 is 15.6 Å². The Bertz CT molecular complexity index is 1060. The minimum atomic E-state index is -0.546. The summed E-state index contributed by atoms with van der Waals surface area (Å²) in [7, 11) is 1.74. The number of fused-ring (bicyclic) bond motifs is 1. The van der Waals surface area contributed by atoms with Crippen molar-refractivity contribution in [2.75, 3.05) is 11.1 Å². The van der Waals surface area contributed by atoms with Crippen molar-refractivity contribution in [2.24, 2.45) is 7.05 Å². The van der Waals surface area contributed by atoms with Crippen LogP contribution in [0.2, 0.25) is 0 Å². The van der Waals surface area contributed by atoms with E-state index in [-0.39, 0.29) is 5.56 Å². The summed E-state index contributed by atoms with van der Waals surface area (Å²) in [5, 5.41) is 11.9. The number of anilines is 2. The van der Waals surface area contributed by atoms with Crippen LogP contribution < -0.4 is 16.5 Å². The molecule has 0 radical (unpaired) electrons. The van der Waals surface area contributed by atoms with E-state index in [0.717, 1.165) is 0 Å². The van der Waals surface area contributed by atoms with E-state index in [2.05, 4.69) is 5.32 Å². The van der Waals surface area contributed by atoms with Gasteiger partial charge in [-0.25, -0.2) is 0 Å². The quantitative estimate of drug-likeness (QED) is 0.708. The van der Waals surface area contributed by atoms with E-state index in [0.29, 0.717) is 27.8 Å². The normalized spacial score (nSPS) is 10.3. The van der Waals surface area contributed by atoms with Crippen LogP contribution in [0, 0.1) is 11.3 Å². The Balaban J connectivity index is 2.08. The molecule has 0 spiro atoms. The number of hydrogen-bond acceptors (Lipinski definition) is 4. The third-order valence-corrected chi connectivity index (χ3v) is 3.74. The van der Waals surface area contributed by atoms with E-state index < -0.39 is 11.3 Å². The lowest BCUT2D eigenvalue weighted by Crippen LogP contribution is -2.24. The number of carbonyl (C=O) groups is 1. The number of nitrogens with zero attached hydrogens (tertiary/aromatic N) is 2. The van der Waals surface area contributed by atoms with E-state index in [9.17, 15) is 9.59 Å². The first-order chi connectivity index (χ1) is 11.5. The summed E-state index contributed by atoms with van der Waals surface area (Å²) < 4.78 is 1.69. The first-order valence-corrected chi connectivity index (χ1v) is 7.20. The largest absolute Gasteiger partial charge is 0.398 e. The second kappa shape index (κ2) is 5.89. The van der Waals surface area contributed by atoms with E-state index >= 15 is 0 Å². The average Bonchev–Trinajstić information content (AvgIpc) is 2.58. The van der Waals surface area contributed by atoms with Crippen molar-refractivity contribution in [1.29, 1.82) is 5.26 Å². The lowest BCUT2D eigenvalue weighted by atomic mass is 10.1. The zero-order chi connectivity index (χ0) is 17.3. The maximum atomic E-state index is 12.6. The highest BCUT2D eigenvalue weighted by Gasteiger charge is 2.16. The molecule has 0 aliphatic rings. The number of amides is 1. The van der Waals surface area contributed by atoms with Gasteiger partial charge in [0.25, 0.3) is 5.91 Å². The smallest absolute Gasteiger partial charge is 0.261 e. The summed E-state index contributed by atoms with van der Waals surface area (Å²) in [5.41, 5.74) is 7.32. The monoisotopic (exact) mass is 318 g/mol. The molecule has 3 rings (SSSR count). The van der Waals surface area contributed by atoms with Crippen molar-refractivity contribution < 1.29 is 4.79 Å². The Kier molecular flexibility index (Phi) is 3.76. The highest BCUT2D eigenvalue weighted by Crippen LogP contribution is 2.18. The number of hydrogen-bond donors (Lipinski definition) is 2. The van der Waals surface area contributed by atoms with Crippen molar-refractivity contribution in [1.82, 2.24) is 4.57 Å². The van der Waals surface area contributed by atoms with Crippen LogP contribution in [0.1, 0.15) is 15.9 Å². The van der Waals surface area contributed by atoms with Crippen molar-refractivity contribution in [3.8, 4) is 6.07 Å². The molecule has 0 unspecified atom stereocenters. The predicted octanol–water partition coefficient (Wildman–Crippen LogP) is 2.24. The molecule has 118 valence electrons. The van der Waals surface area contributed by atoms with Crippen molar-refractivity contribution in [3.05, 3.63) is 70.0 Å². The molecule has 0 saturated carbocycles. The Labute approximate surface area is 137 Å². The summed E-state index contributed by atoms with van der Waals surface area (Å²) in [6.07, 6.45) is 1.48. The molecule has 1 amide bonds. The van der Waals surface area contributed by atoms with E-state index in [1.165, 1.54) is 12.3 Å². The van der Waals surface area contributed by atoms with Gasteiger partial charge in [0.1, 0.15) is 5.56 Å². The summed E-state index contributed by atoms with van der Waals surface area (Å²) in [5.74, 6) is -0.546. The molecule has 0 fully saturated rings. The lowest BCUT2D eigenvalue weighted by molar-refractivity contribution is 0.102. The molecular weight excluding hydrogens is 304 g/mol. The number of nitrogens with two attached hydrogens (primary N) is 1. The number of nitrogen functional groups attached to an aromatic ring is 1. The average molecular weight is 318 g/mol. The maximum absolute atomic E-state index is 12.6. The molecule has 1 aromatic heterocycles. The minimum absolute atomic E-state index is 0.00902. The van der Waals surface area contributed by atoms with Gasteiger partial charge in [-0.15, -0.1) is 0 Å². The van der Waals surface area contributed by atoms with Crippen LogP contribution in [0.4, 0.5) is 11.4 Å². The van der Waals surface area contributed by atoms with Gasteiger partial charge in [-0.05, 0) is 30.3 Å². The van der Waals surface area contributed by atoms with Gasteiger partial charge in [0.2, 0.25) is 5.43 Å². The van der Waals surface area contributed by atoms with Gasteiger partial charge in [0, 0.05) is 24.6 Å². The van der Waals surface area contributed by atoms with Crippen LogP contribution in [0.15, 0.2) is 53.5 Å². The van der Waals surface area contributed by atoms with E-state index in [1.54, 1.807) is 48.0 Å². The number of aromatic nitrogens is 1. The zero-order valence-electron chi connectivity index (χ0n) is 12.9. The fourth-order valence-corrected chi connectivity index (χ4v) is 2.58. The van der Waals surface area contributed by atoms with Gasteiger partial charge in [0.15, 0.2) is 0 Å². The third kappa shape index (κ3) is 2.59. The van der Waals surface area contributed by atoms with Crippen LogP contribution in [-0.2, 0) is 7.05 Å². The Morgan fingerprint density at radius 2 is 2.00 bits per heavy atom. The first kappa shape index (κ1) is 15.3. The van der Waals surface area contributed by atoms with E-state index in [4.69, 9.17) is 11.0 Å². The maximum Gasteiger partial charge on any atom is 0.261 e. The molecule has 0 bridgehead atoms. The summed E-state index contributed by atoms with van der Waals surface area (Å²) >= 11 is 0. The lowest BCUT2D eigenvalue weighted by Gasteiger charge is -2.11. The van der Waals surface area contributed by atoms with Gasteiger partial charge in [0.05, 0.1) is 22.5 Å². The second-order valence-corrected chi connectivity index (χ2v) is 5.37. The van der Waals surface area contributed by atoms with Crippen LogP contribution >= 0.6 is 0 Å². The molecule has 0 saturated heterocycles. The van der Waals surface area contributed by atoms with Crippen molar-refractivity contribution in [2.45, 2.75) is 0 Å². The molecule has 0 aliphatic carbocycles. The SMILES string of the molecule is Cn1cc(C(=O)Nc2cccc(C#N)c2)c(=O)c2c(N)cccc21. The molecule has 3 aromatic rings. The summed E-state index contributed by atoms with van der Waals surface area (Å²) in [4.78, 5) is 25.1. The zero-order valence-corrected chi connectivity index (χ0v) is 12.9. The van der Waals surface area contributed by atoms with Crippen molar-refractivity contribution in [3.63, 3.8) is 0 Å². The molecule has 24 heavy (non-hydrogen) atoms. The predicted molar refractivity (Wildman–Crippen MR) is 92.7 cm³/mol. The fraction of sp³-hybridized carbons (Fsp3) is 0.0556. The standard InChI is InChI=1S/C18H14N4O2/c1-22-10-13(17(23)16-14(20)6-3-7-15(16)22)18(24)21-12-5-2-4-11(8-12)9-19/h2-8,10H,20H2,1H3,(H,21,24). The highest BCUT2D eigenvalue weighted by molar-refractivity contribution is 6.06. The Morgan fingerprint density at radius 1 is 1.25 bits per heavy atom. The van der Waals surface area contributed by atoms with Gasteiger partial charge in [-0.3, -0.25) is 9.59 Å². The second-order valence-electron chi connectivity index (χ2n) is 5.37. The Hall–Kier alpha value is -3.59. The molecule has 2 aromatic carbocycles. The molecule has 0 atom stereocenters. The number of pyridine rings is 1. The van der Waals surface area contributed by atoms with Crippen LogP contribution in [0.5, 0.6) is 0 Å². The molecule has 3 N–H and O–H groups in total. The van der Waals surface area contributed by atoms with Gasteiger partial charge >= 0.3 is 0 Å². The van der Waals surface area contributed by atoms with Crippen molar-refractivity contribution >= 4 is 28.2 Å². The fourth-order valence-electron chi connectivity index (χ4n) is 2.58. The molecule has 6 nitrogen and oxygen atoms in total. The number of nitrogens with one attached hydrogen (secondary N) is 1. The van der Waals surface area contributed by atoms with Gasteiger partial charge in [-0.2, -0.15) is 5.26 Å². The number of aryl methyl sites for hydroxylation is 1. The summed E-state index contributed by atoms with van der Waals surface area (Å²) in [6, 6.07) is 13.6. The molecule has 1 heterocycles. The Morgan fingerprint density at radius 3 is 2.75 bits per heavy atom. The third-order valence-electron chi connectivity index (χ3n) is 3.74. The number of carbonyl (C=O) groups excluding carboxylic acids is 1. The van der Waals surface area contributed by atoms with Crippen LogP contribution in [0.25, 0.3) is 10.9 Å². The number of rotatable bonds is 2. The number of nitriles is 1.